The molecular formula is C16H19NO4. The summed E-state index contributed by atoms with van der Waals surface area (Å²) in [6.45, 7) is 0. The minimum absolute atomic E-state index is 0.127. The van der Waals surface area contributed by atoms with Gasteiger partial charge in [-0.1, -0.05) is 24.3 Å². The van der Waals surface area contributed by atoms with Crippen molar-refractivity contribution in [3.05, 3.63) is 42.0 Å². The number of benzene rings is 1. The van der Waals surface area contributed by atoms with Crippen molar-refractivity contribution in [2.45, 2.75) is 31.7 Å². The highest BCUT2D eigenvalue weighted by molar-refractivity contribution is 5.84. The first kappa shape index (κ1) is 15.1. The number of aromatic hydroxyl groups is 1. The van der Waals surface area contributed by atoms with Crippen LogP contribution in [0.3, 0.4) is 0 Å². The molecule has 1 aliphatic rings. The summed E-state index contributed by atoms with van der Waals surface area (Å²) in [4.78, 5) is 23.2. The molecule has 0 aliphatic heterocycles. The third kappa shape index (κ3) is 4.63. The monoisotopic (exact) mass is 289 g/mol. The molecule has 2 atom stereocenters. The second-order valence-electron chi connectivity index (χ2n) is 5.30. The first-order chi connectivity index (χ1) is 10.0. The van der Waals surface area contributed by atoms with E-state index in [1.54, 1.807) is 12.1 Å². The molecule has 21 heavy (non-hydrogen) atoms. The van der Waals surface area contributed by atoms with Crippen LogP contribution in [0, 0.1) is 5.92 Å². The summed E-state index contributed by atoms with van der Waals surface area (Å²) in [5, 5.41) is 21.0. The Kier molecular flexibility index (Phi) is 4.98. The molecule has 5 heteroatoms. The summed E-state index contributed by atoms with van der Waals surface area (Å²) in [6.07, 6.45) is 6.51. The highest BCUT2D eigenvalue weighted by atomic mass is 16.4. The fraction of sp³-hybridized carbons (Fsp3) is 0.375. The van der Waals surface area contributed by atoms with Gasteiger partial charge in [-0.2, -0.15) is 0 Å². The van der Waals surface area contributed by atoms with E-state index in [1.165, 1.54) is 12.1 Å². The van der Waals surface area contributed by atoms with E-state index in [1.807, 2.05) is 12.2 Å². The van der Waals surface area contributed by atoms with E-state index < -0.39 is 12.0 Å². The number of phenols is 1. The Hall–Kier alpha value is -2.30. The minimum atomic E-state index is -1.06. The van der Waals surface area contributed by atoms with Crippen molar-refractivity contribution in [3.63, 3.8) is 0 Å². The molecule has 0 saturated heterocycles. The summed E-state index contributed by atoms with van der Waals surface area (Å²) in [5.41, 5.74) is 0.751. The van der Waals surface area contributed by atoms with Crippen LogP contribution in [0.15, 0.2) is 36.4 Å². The van der Waals surface area contributed by atoms with E-state index in [4.69, 9.17) is 0 Å². The number of carboxylic acids is 1. The molecule has 112 valence electrons. The van der Waals surface area contributed by atoms with E-state index in [0.717, 1.165) is 18.4 Å². The quantitative estimate of drug-likeness (QED) is 0.698. The summed E-state index contributed by atoms with van der Waals surface area (Å²) in [6, 6.07) is 5.35. The Morgan fingerprint density at radius 1 is 1.29 bits per heavy atom. The van der Waals surface area contributed by atoms with Crippen molar-refractivity contribution in [2.24, 2.45) is 5.92 Å². The SMILES string of the molecule is O=C(CC1C=CCC1)N[C@H](Cc1ccc(O)cc1)C(=O)O. The van der Waals surface area contributed by atoms with E-state index in [9.17, 15) is 19.8 Å². The molecular weight excluding hydrogens is 270 g/mol. The zero-order valence-electron chi connectivity index (χ0n) is 11.7. The Bertz CT molecular complexity index is 536. The fourth-order valence-electron chi connectivity index (χ4n) is 2.42. The molecule has 0 spiro atoms. The van der Waals surface area contributed by atoms with Crippen LogP contribution in [-0.2, 0) is 16.0 Å². The first-order valence-electron chi connectivity index (χ1n) is 7.01. The summed E-state index contributed by atoms with van der Waals surface area (Å²) in [5.74, 6) is -0.952. The number of aliphatic carboxylic acids is 1. The van der Waals surface area contributed by atoms with Gasteiger partial charge in [0.25, 0.3) is 0 Å². The van der Waals surface area contributed by atoms with E-state index in [-0.39, 0.29) is 24.0 Å². The third-order valence-corrected chi connectivity index (χ3v) is 3.57. The second-order valence-corrected chi connectivity index (χ2v) is 5.30. The molecule has 1 unspecified atom stereocenters. The molecule has 0 fully saturated rings. The molecule has 0 saturated carbocycles. The molecule has 0 heterocycles. The number of nitrogens with one attached hydrogen (secondary N) is 1. The normalized spacial score (nSPS) is 18.4. The highest BCUT2D eigenvalue weighted by Gasteiger charge is 2.22. The average Bonchev–Trinajstić information content (AvgIpc) is 2.93. The van der Waals surface area contributed by atoms with Gasteiger partial charge in [-0.3, -0.25) is 4.79 Å². The summed E-state index contributed by atoms with van der Waals surface area (Å²) < 4.78 is 0. The lowest BCUT2D eigenvalue weighted by Gasteiger charge is -2.16. The molecule has 1 aromatic rings. The molecule has 1 amide bonds. The molecule has 0 aromatic heterocycles. The average molecular weight is 289 g/mol. The van der Waals surface area contributed by atoms with Crippen molar-refractivity contribution in [2.75, 3.05) is 0 Å². The summed E-state index contributed by atoms with van der Waals surface area (Å²) in [7, 11) is 0. The molecule has 0 radical (unpaired) electrons. The van der Waals surface area contributed by atoms with Gasteiger partial charge in [-0.15, -0.1) is 0 Å². The van der Waals surface area contributed by atoms with Crippen LogP contribution in [-0.4, -0.2) is 28.1 Å². The first-order valence-corrected chi connectivity index (χ1v) is 7.01. The number of amides is 1. The van der Waals surface area contributed by atoms with Crippen LogP contribution in [0.1, 0.15) is 24.8 Å². The van der Waals surface area contributed by atoms with Gasteiger partial charge in [0, 0.05) is 12.8 Å². The van der Waals surface area contributed by atoms with Crippen LogP contribution in [0.4, 0.5) is 0 Å². The molecule has 5 nitrogen and oxygen atoms in total. The van der Waals surface area contributed by atoms with E-state index in [0.29, 0.717) is 6.42 Å². The minimum Gasteiger partial charge on any atom is -0.508 e. The molecule has 0 bridgehead atoms. The van der Waals surface area contributed by atoms with Crippen LogP contribution < -0.4 is 5.32 Å². The maximum atomic E-state index is 11.9. The third-order valence-electron chi connectivity index (χ3n) is 3.57. The summed E-state index contributed by atoms with van der Waals surface area (Å²) >= 11 is 0. The van der Waals surface area contributed by atoms with Crippen LogP contribution in [0.5, 0.6) is 5.75 Å². The van der Waals surface area contributed by atoms with Crippen molar-refractivity contribution < 1.29 is 19.8 Å². The zero-order valence-corrected chi connectivity index (χ0v) is 11.7. The predicted molar refractivity (Wildman–Crippen MR) is 77.9 cm³/mol. The molecule has 2 rings (SSSR count). The standard InChI is InChI=1S/C16H19NO4/c18-13-7-5-12(6-8-13)9-14(16(20)21)17-15(19)10-11-3-1-2-4-11/h1,3,5-8,11,14,18H,2,4,9-10H2,(H,17,19)(H,20,21)/t11?,14-/m1/s1. The van der Waals surface area contributed by atoms with Crippen molar-refractivity contribution in [1.82, 2.24) is 5.32 Å². The Morgan fingerprint density at radius 3 is 2.57 bits per heavy atom. The topological polar surface area (TPSA) is 86.6 Å². The van der Waals surface area contributed by atoms with Gasteiger partial charge in [-0.05, 0) is 36.5 Å². The number of carbonyl (C=O) groups is 2. The van der Waals surface area contributed by atoms with Gasteiger partial charge in [0.2, 0.25) is 5.91 Å². The second kappa shape index (κ2) is 6.92. The number of carboxylic acid groups (broad SMARTS) is 1. The lowest BCUT2D eigenvalue weighted by molar-refractivity contribution is -0.141. The number of allylic oxidation sites excluding steroid dienone is 2. The fourth-order valence-corrected chi connectivity index (χ4v) is 2.42. The van der Waals surface area contributed by atoms with Crippen LogP contribution in [0.2, 0.25) is 0 Å². The largest absolute Gasteiger partial charge is 0.508 e. The van der Waals surface area contributed by atoms with Gasteiger partial charge in [0.05, 0.1) is 0 Å². The van der Waals surface area contributed by atoms with Crippen molar-refractivity contribution >= 4 is 11.9 Å². The number of phenolic OH excluding ortho intramolecular Hbond substituents is 1. The Morgan fingerprint density at radius 2 is 2.00 bits per heavy atom. The maximum absolute atomic E-state index is 11.9. The Labute approximate surface area is 123 Å². The highest BCUT2D eigenvalue weighted by Crippen LogP contribution is 2.20. The van der Waals surface area contributed by atoms with Crippen LogP contribution >= 0.6 is 0 Å². The van der Waals surface area contributed by atoms with Gasteiger partial charge in [0.1, 0.15) is 11.8 Å². The lowest BCUT2D eigenvalue weighted by Crippen LogP contribution is -2.42. The van der Waals surface area contributed by atoms with Crippen molar-refractivity contribution in [3.8, 4) is 5.75 Å². The number of rotatable bonds is 6. The molecule has 3 N–H and O–H groups in total. The van der Waals surface area contributed by atoms with Gasteiger partial charge in [0.15, 0.2) is 0 Å². The maximum Gasteiger partial charge on any atom is 0.326 e. The van der Waals surface area contributed by atoms with E-state index >= 15 is 0 Å². The van der Waals surface area contributed by atoms with Gasteiger partial charge >= 0.3 is 5.97 Å². The molecule has 1 aliphatic carbocycles. The molecule has 1 aromatic carbocycles. The smallest absolute Gasteiger partial charge is 0.326 e. The lowest BCUT2D eigenvalue weighted by atomic mass is 10.0. The number of hydrogen-bond acceptors (Lipinski definition) is 3. The predicted octanol–water partition coefficient (Wildman–Crippen LogP) is 1.86. The van der Waals surface area contributed by atoms with E-state index in [2.05, 4.69) is 5.32 Å². The van der Waals surface area contributed by atoms with Gasteiger partial charge < -0.3 is 15.5 Å². The Balaban J connectivity index is 1.92. The number of carbonyl (C=O) groups excluding carboxylic acids is 1. The van der Waals surface area contributed by atoms with Gasteiger partial charge in [-0.25, -0.2) is 4.79 Å². The van der Waals surface area contributed by atoms with Crippen LogP contribution in [0.25, 0.3) is 0 Å². The number of hydrogen-bond donors (Lipinski definition) is 3. The zero-order chi connectivity index (χ0) is 15.2. The van der Waals surface area contributed by atoms with Crippen molar-refractivity contribution in [1.29, 1.82) is 0 Å².